The summed E-state index contributed by atoms with van der Waals surface area (Å²) < 4.78 is 26.5. The van der Waals surface area contributed by atoms with Crippen LogP contribution in [0.25, 0.3) is 0 Å². The minimum absolute atomic E-state index is 0. The van der Waals surface area contributed by atoms with Gasteiger partial charge in [0.05, 0.1) is 4.90 Å². The van der Waals surface area contributed by atoms with Crippen LogP contribution in [0.1, 0.15) is 38.7 Å². The SMILES string of the molecule is CCC(C)c1ccc(S(=O)(=O)N[C@@H](C)CN)cc1.Cl. The number of nitrogens with one attached hydrogen (secondary N) is 1. The van der Waals surface area contributed by atoms with Gasteiger partial charge in [0, 0.05) is 12.6 Å². The van der Waals surface area contributed by atoms with E-state index in [1.165, 1.54) is 0 Å². The van der Waals surface area contributed by atoms with Crippen LogP contribution in [0.4, 0.5) is 0 Å². The molecule has 0 fully saturated rings. The highest BCUT2D eigenvalue weighted by Gasteiger charge is 2.16. The van der Waals surface area contributed by atoms with Gasteiger partial charge in [-0.25, -0.2) is 13.1 Å². The molecule has 0 saturated heterocycles. The molecule has 0 spiro atoms. The predicted molar refractivity (Wildman–Crippen MR) is 81.2 cm³/mol. The van der Waals surface area contributed by atoms with E-state index < -0.39 is 10.0 Å². The second-order valence-corrected chi connectivity index (χ2v) is 6.35. The molecule has 1 rings (SSSR count). The quantitative estimate of drug-likeness (QED) is 0.846. The maximum atomic E-state index is 12.0. The molecule has 0 aliphatic rings. The third kappa shape index (κ3) is 5.10. The van der Waals surface area contributed by atoms with E-state index in [1.54, 1.807) is 19.1 Å². The largest absolute Gasteiger partial charge is 0.329 e. The summed E-state index contributed by atoms with van der Waals surface area (Å²) >= 11 is 0. The van der Waals surface area contributed by atoms with Crippen LogP contribution in [0.5, 0.6) is 0 Å². The first-order chi connectivity index (χ1) is 8.40. The molecule has 0 aliphatic carbocycles. The number of nitrogens with two attached hydrogens (primary N) is 1. The molecule has 3 N–H and O–H groups in total. The number of rotatable bonds is 6. The van der Waals surface area contributed by atoms with Crippen molar-refractivity contribution in [3.8, 4) is 0 Å². The molecule has 110 valence electrons. The number of hydrogen-bond acceptors (Lipinski definition) is 3. The Labute approximate surface area is 122 Å². The minimum Gasteiger partial charge on any atom is -0.329 e. The maximum Gasteiger partial charge on any atom is 0.240 e. The monoisotopic (exact) mass is 306 g/mol. The highest BCUT2D eigenvalue weighted by atomic mass is 35.5. The standard InChI is InChI=1S/C13H22N2O2S.ClH/c1-4-10(2)12-5-7-13(8-6-12)18(16,17)15-11(3)9-14;/h5-8,10-11,15H,4,9,14H2,1-3H3;1H/t10?,11-;/m0./s1. The van der Waals surface area contributed by atoms with Crippen molar-refractivity contribution in [2.75, 3.05) is 6.54 Å². The molecule has 6 heteroatoms. The molecule has 1 unspecified atom stereocenters. The topological polar surface area (TPSA) is 72.2 Å². The Balaban J connectivity index is 0.00000324. The van der Waals surface area contributed by atoms with Crippen molar-refractivity contribution in [3.05, 3.63) is 29.8 Å². The fourth-order valence-corrected chi connectivity index (χ4v) is 2.85. The number of hydrogen-bond donors (Lipinski definition) is 2. The number of benzene rings is 1. The van der Waals surface area contributed by atoms with E-state index in [-0.39, 0.29) is 29.9 Å². The molecule has 0 aliphatic heterocycles. The average molecular weight is 307 g/mol. The average Bonchev–Trinajstić information content (AvgIpc) is 2.37. The van der Waals surface area contributed by atoms with E-state index >= 15 is 0 Å². The fraction of sp³-hybridized carbons (Fsp3) is 0.538. The van der Waals surface area contributed by atoms with Gasteiger partial charge in [-0.2, -0.15) is 0 Å². The maximum absolute atomic E-state index is 12.0. The molecule has 0 radical (unpaired) electrons. The van der Waals surface area contributed by atoms with Crippen LogP contribution in [-0.2, 0) is 10.0 Å². The molecule has 19 heavy (non-hydrogen) atoms. The molecule has 0 heterocycles. The zero-order valence-electron chi connectivity index (χ0n) is 11.6. The second-order valence-electron chi connectivity index (χ2n) is 4.64. The normalized spacial score (nSPS) is 14.5. The lowest BCUT2D eigenvalue weighted by Crippen LogP contribution is -2.37. The first kappa shape index (κ1) is 18.4. The van der Waals surface area contributed by atoms with E-state index in [1.807, 2.05) is 12.1 Å². The molecular formula is C13H23ClN2O2S. The van der Waals surface area contributed by atoms with Crippen LogP contribution in [0, 0.1) is 0 Å². The third-order valence-corrected chi connectivity index (χ3v) is 4.69. The van der Waals surface area contributed by atoms with Gasteiger partial charge in [-0.15, -0.1) is 12.4 Å². The summed E-state index contributed by atoms with van der Waals surface area (Å²) in [6, 6.07) is 6.77. The number of halogens is 1. The Hall–Kier alpha value is -0.620. The van der Waals surface area contributed by atoms with Crippen molar-refractivity contribution in [3.63, 3.8) is 0 Å². The number of sulfonamides is 1. The van der Waals surface area contributed by atoms with Crippen LogP contribution in [-0.4, -0.2) is 21.0 Å². The third-order valence-electron chi connectivity index (χ3n) is 3.08. The van der Waals surface area contributed by atoms with Crippen molar-refractivity contribution < 1.29 is 8.42 Å². The summed E-state index contributed by atoms with van der Waals surface area (Å²) in [5.41, 5.74) is 6.57. The van der Waals surface area contributed by atoms with E-state index in [9.17, 15) is 8.42 Å². The van der Waals surface area contributed by atoms with Crippen molar-refractivity contribution in [1.82, 2.24) is 4.72 Å². The van der Waals surface area contributed by atoms with Gasteiger partial charge in [0.2, 0.25) is 10.0 Å². The summed E-state index contributed by atoms with van der Waals surface area (Å²) in [5.74, 6) is 0.442. The summed E-state index contributed by atoms with van der Waals surface area (Å²) in [6.07, 6.45) is 1.04. The van der Waals surface area contributed by atoms with Crippen LogP contribution in [0.3, 0.4) is 0 Å². The van der Waals surface area contributed by atoms with Crippen LogP contribution >= 0.6 is 12.4 Å². The van der Waals surface area contributed by atoms with Gasteiger partial charge in [0.25, 0.3) is 0 Å². The summed E-state index contributed by atoms with van der Waals surface area (Å²) in [5, 5.41) is 0. The molecule has 1 aromatic carbocycles. The van der Waals surface area contributed by atoms with E-state index in [2.05, 4.69) is 18.6 Å². The summed E-state index contributed by atoms with van der Waals surface area (Å²) in [6.45, 7) is 6.26. The van der Waals surface area contributed by atoms with Gasteiger partial charge in [-0.05, 0) is 37.0 Å². The van der Waals surface area contributed by atoms with Crippen molar-refractivity contribution in [2.24, 2.45) is 5.73 Å². The highest BCUT2D eigenvalue weighted by Crippen LogP contribution is 2.20. The van der Waals surface area contributed by atoms with Gasteiger partial charge in [-0.1, -0.05) is 26.0 Å². The summed E-state index contributed by atoms with van der Waals surface area (Å²) in [7, 11) is -3.45. The van der Waals surface area contributed by atoms with E-state index in [4.69, 9.17) is 5.73 Å². The van der Waals surface area contributed by atoms with E-state index in [0.717, 1.165) is 12.0 Å². The lowest BCUT2D eigenvalue weighted by atomic mass is 9.99. The van der Waals surface area contributed by atoms with Crippen LogP contribution in [0.2, 0.25) is 0 Å². The molecule has 4 nitrogen and oxygen atoms in total. The molecule has 0 bridgehead atoms. The molecule has 0 amide bonds. The molecule has 0 saturated carbocycles. The lowest BCUT2D eigenvalue weighted by molar-refractivity contribution is 0.562. The lowest BCUT2D eigenvalue weighted by Gasteiger charge is -2.13. The van der Waals surface area contributed by atoms with Crippen molar-refractivity contribution in [2.45, 2.75) is 44.0 Å². The van der Waals surface area contributed by atoms with Crippen LogP contribution < -0.4 is 10.5 Å². The highest BCUT2D eigenvalue weighted by molar-refractivity contribution is 7.89. The van der Waals surface area contributed by atoms with Gasteiger partial charge < -0.3 is 5.73 Å². The van der Waals surface area contributed by atoms with Crippen molar-refractivity contribution in [1.29, 1.82) is 0 Å². The van der Waals surface area contributed by atoms with Crippen LogP contribution in [0.15, 0.2) is 29.2 Å². The smallest absolute Gasteiger partial charge is 0.240 e. The minimum atomic E-state index is -3.45. The summed E-state index contributed by atoms with van der Waals surface area (Å²) in [4.78, 5) is 0.287. The van der Waals surface area contributed by atoms with Gasteiger partial charge in [0.15, 0.2) is 0 Å². The van der Waals surface area contributed by atoms with Gasteiger partial charge in [0.1, 0.15) is 0 Å². The fourth-order valence-electron chi connectivity index (χ4n) is 1.59. The Morgan fingerprint density at radius 2 is 1.74 bits per heavy atom. The Morgan fingerprint density at radius 3 is 2.16 bits per heavy atom. The van der Waals surface area contributed by atoms with E-state index in [0.29, 0.717) is 5.92 Å². The first-order valence-corrected chi connectivity index (χ1v) is 7.71. The Kier molecular flexibility index (Phi) is 7.59. The van der Waals surface area contributed by atoms with Gasteiger partial charge >= 0.3 is 0 Å². The Bertz CT molecular complexity index is 474. The molecule has 1 aromatic rings. The van der Waals surface area contributed by atoms with Gasteiger partial charge in [-0.3, -0.25) is 0 Å². The second kappa shape index (κ2) is 7.85. The first-order valence-electron chi connectivity index (χ1n) is 6.23. The molecule has 2 atom stereocenters. The Morgan fingerprint density at radius 1 is 1.21 bits per heavy atom. The predicted octanol–water partition coefficient (Wildman–Crippen LogP) is 2.25. The van der Waals surface area contributed by atoms with Crippen molar-refractivity contribution >= 4 is 22.4 Å². The molecular weight excluding hydrogens is 284 g/mol. The zero-order chi connectivity index (χ0) is 13.8. The zero-order valence-corrected chi connectivity index (χ0v) is 13.2. The molecule has 0 aromatic heterocycles.